The fourth-order valence-corrected chi connectivity index (χ4v) is 3.50. The van der Waals surface area contributed by atoms with Gasteiger partial charge in [0.1, 0.15) is 0 Å². The van der Waals surface area contributed by atoms with E-state index in [0.717, 1.165) is 5.52 Å². The minimum atomic E-state index is 1.12. The summed E-state index contributed by atoms with van der Waals surface area (Å²) in [6, 6.07) is 25.7. The molecule has 2 nitrogen and oxygen atoms in total. The van der Waals surface area contributed by atoms with Crippen LogP contribution in [0, 0.1) is 0 Å². The van der Waals surface area contributed by atoms with Crippen molar-refractivity contribution in [2.45, 2.75) is 0 Å². The summed E-state index contributed by atoms with van der Waals surface area (Å²) in [5.41, 5.74) is 6.01. The highest BCUT2D eigenvalue weighted by molar-refractivity contribution is 5.97. The lowest BCUT2D eigenvalue weighted by atomic mass is 9.96. The Balaban J connectivity index is 1.83. The van der Waals surface area contributed by atoms with Gasteiger partial charge in [0.25, 0.3) is 0 Å². The fourth-order valence-electron chi connectivity index (χ4n) is 3.50. The molecule has 0 aliphatic heterocycles. The van der Waals surface area contributed by atoms with Crippen molar-refractivity contribution in [2.75, 3.05) is 0 Å². The molecule has 2 heterocycles. The van der Waals surface area contributed by atoms with Crippen LogP contribution in [0.15, 0.2) is 97.6 Å². The molecule has 3 aromatic carbocycles. The minimum absolute atomic E-state index is 1.12. The molecule has 0 saturated carbocycles. The third-order valence-electron chi connectivity index (χ3n) is 4.70. The summed E-state index contributed by atoms with van der Waals surface area (Å²) >= 11 is 0. The molecule has 0 aliphatic carbocycles. The van der Waals surface area contributed by atoms with E-state index in [1.807, 2.05) is 18.6 Å². The Morgan fingerprint density at radius 1 is 0.720 bits per heavy atom. The Kier molecular flexibility index (Phi) is 3.14. The molecule has 0 aliphatic rings. The highest BCUT2D eigenvalue weighted by atomic mass is 14.9. The van der Waals surface area contributed by atoms with E-state index >= 15 is 0 Å². The summed E-state index contributed by atoms with van der Waals surface area (Å²) in [4.78, 5) is 4.34. The van der Waals surface area contributed by atoms with E-state index in [1.54, 1.807) is 0 Å². The van der Waals surface area contributed by atoms with Crippen LogP contribution in [0.3, 0.4) is 0 Å². The van der Waals surface area contributed by atoms with Gasteiger partial charge in [-0.2, -0.15) is 0 Å². The Hall–Kier alpha value is -3.39. The standard InChI is InChI=1S/C23H16N2/c1-2-7-18(8-3-1)23-21(16-25-13-12-24-15-22(23)25)20-11-10-17-6-4-5-9-19(17)14-20/h1-16H. The first-order chi connectivity index (χ1) is 12.4. The number of benzene rings is 3. The van der Waals surface area contributed by atoms with Crippen molar-refractivity contribution in [3.63, 3.8) is 0 Å². The normalized spacial score (nSPS) is 11.2. The molecule has 118 valence electrons. The van der Waals surface area contributed by atoms with Gasteiger partial charge in [0.2, 0.25) is 0 Å². The molecule has 0 spiro atoms. The summed E-state index contributed by atoms with van der Waals surface area (Å²) in [6.07, 6.45) is 7.97. The van der Waals surface area contributed by atoms with Gasteiger partial charge >= 0.3 is 0 Å². The molecule has 0 amide bonds. The molecule has 0 radical (unpaired) electrons. The van der Waals surface area contributed by atoms with Gasteiger partial charge in [-0.25, -0.2) is 0 Å². The smallest absolute Gasteiger partial charge is 0.0720 e. The van der Waals surface area contributed by atoms with Gasteiger partial charge in [-0.1, -0.05) is 66.7 Å². The summed E-state index contributed by atoms with van der Waals surface area (Å²) < 4.78 is 2.15. The van der Waals surface area contributed by atoms with Crippen molar-refractivity contribution in [2.24, 2.45) is 0 Å². The zero-order valence-corrected chi connectivity index (χ0v) is 13.6. The number of hydrogen-bond acceptors (Lipinski definition) is 1. The van der Waals surface area contributed by atoms with Crippen LogP contribution in [-0.2, 0) is 0 Å². The van der Waals surface area contributed by atoms with E-state index in [4.69, 9.17) is 0 Å². The average Bonchev–Trinajstić information content (AvgIpc) is 3.08. The predicted octanol–water partition coefficient (Wildman–Crippen LogP) is 5.82. The van der Waals surface area contributed by atoms with Crippen molar-refractivity contribution >= 4 is 16.3 Å². The molecule has 0 unspecified atom stereocenters. The van der Waals surface area contributed by atoms with Crippen LogP contribution in [0.1, 0.15) is 0 Å². The Morgan fingerprint density at radius 2 is 1.52 bits per heavy atom. The maximum absolute atomic E-state index is 4.34. The van der Waals surface area contributed by atoms with E-state index in [1.165, 1.54) is 33.0 Å². The first-order valence-corrected chi connectivity index (χ1v) is 8.39. The Bertz CT molecular complexity index is 1190. The summed E-state index contributed by atoms with van der Waals surface area (Å²) in [5, 5.41) is 2.52. The van der Waals surface area contributed by atoms with Crippen LogP contribution in [0.25, 0.3) is 38.5 Å². The molecule has 0 saturated heterocycles. The van der Waals surface area contributed by atoms with Crippen LogP contribution in [0.2, 0.25) is 0 Å². The first kappa shape index (κ1) is 14.0. The quantitative estimate of drug-likeness (QED) is 0.400. The van der Waals surface area contributed by atoms with Gasteiger partial charge in [0, 0.05) is 29.7 Å². The number of nitrogens with zero attached hydrogens (tertiary/aromatic N) is 2. The van der Waals surface area contributed by atoms with Gasteiger partial charge < -0.3 is 4.40 Å². The van der Waals surface area contributed by atoms with Crippen LogP contribution in [0.5, 0.6) is 0 Å². The summed E-state index contributed by atoms with van der Waals surface area (Å²) in [5.74, 6) is 0. The van der Waals surface area contributed by atoms with E-state index in [2.05, 4.69) is 88.4 Å². The molecule has 2 aromatic heterocycles. The molecule has 25 heavy (non-hydrogen) atoms. The second-order valence-electron chi connectivity index (χ2n) is 6.21. The van der Waals surface area contributed by atoms with E-state index in [-0.39, 0.29) is 0 Å². The fraction of sp³-hybridized carbons (Fsp3) is 0. The number of hydrogen-bond donors (Lipinski definition) is 0. The second kappa shape index (κ2) is 5.60. The molecule has 0 bridgehead atoms. The van der Waals surface area contributed by atoms with Crippen molar-refractivity contribution in [3.05, 3.63) is 97.6 Å². The van der Waals surface area contributed by atoms with E-state index in [9.17, 15) is 0 Å². The lowest BCUT2D eigenvalue weighted by Crippen LogP contribution is -1.83. The van der Waals surface area contributed by atoms with Gasteiger partial charge in [-0.05, 0) is 28.0 Å². The number of aromatic nitrogens is 2. The molecule has 2 heteroatoms. The number of fused-ring (bicyclic) bond motifs is 2. The third-order valence-corrected chi connectivity index (χ3v) is 4.70. The molecular weight excluding hydrogens is 304 g/mol. The molecule has 5 aromatic rings. The summed E-state index contributed by atoms with van der Waals surface area (Å²) in [7, 11) is 0. The second-order valence-corrected chi connectivity index (χ2v) is 6.21. The monoisotopic (exact) mass is 320 g/mol. The van der Waals surface area contributed by atoms with Gasteiger partial charge in [0.05, 0.1) is 11.7 Å². The molecule has 0 fully saturated rings. The van der Waals surface area contributed by atoms with Gasteiger partial charge in [-0.15, -0.1) is 0 Å². The average molecular weight is 320 g/mol. The predicted molar refractivity (Wildman–Crippen MR) is 104 cm³/mol. The highest BCUT2D eigenvalue weighted by Gasteiger charge is 2.14. The van der Waals surface area contributed by atoms with Gasteiger partial charge in [0.15, 0.2) is 0 Å². The van der Waals surface area contributed by atoms with Crippen molar-refractivity contribution < 1.29 is 0 Å². The summed E-state index contributed by atoms with van der Waals surface area (Å²) in [6.45, 7) is 0. The van der Waals surface area contributed by atoms with Crippen LogP contribution in [0.4, 0.5) is 0 Å². The SMILES string of the molecule is c1ccc(-c2c(-c3ccc4ccccc4c3)cn3ccncc23)cc1. The Morgan fingerprint density at radius 3 is 2.40 bits per heavy atom. The highest BCUT2D eigenvalue weighted by Crippen LogP contribution is 2.37. The largest absolute Gasteiger partial charge is 0.320 e. The zero-order valence-electron chi connectivity index (χ0n) is 13.6. The molecule has 5 rings (SSSR count). The van der Waals surface area contributed by atoms with Crippen LogP contribution < -0.4 is 0 Å². The van der Waals surface area contributed by atoms with Crippen molar-refractivity contribution in [1.82, 2.24) is 9.38 Å². The minimum Gasteiger partial charge on any atom is -0.320 e. The molecule has 0 atom stereocenters. The maximum atomic E-state index is 4.34. The first-order valence-electron chi connectivity index (χ1n) is 8.39. The van der Waals surface area contributed by atoms with Crippen molar-refractivity contribution in [3.8, 4) is 22.3 Å². The van der Waals surface area contributed by atoms with Gasteiger partial charge in [-0.3, -0.25) is 4.98 Å². The maximum Gasteiger partial charge on any atom is 0.0720 e. The van der Waals surface area contributed by atoms with Crippen LogP contribution in [-0.4, -0.2) is 9.38 Å². The zero-order chi connectivity index (χ0) is 16.6. The molecular formula is C23H16N2. The lowest BCUT2D eigenvalue weighted by molar-refractivity contribution is 1.14. The Labute approximate surface area is 146 Å². The van der Waals surface area contributed by atoms with E-state index in [0.29, 0.717) is 0 Å². The van der Waals surface area contributed by atoms with Crippen LogP contribution >= 0.6 is 0 Å². The third kappa shape index (κ3) is 2.31. The topological polar surface area (TPSA) is 17.3 Å². The van der Waals surface area contributed by atoms with Crippen molar-refractivity contribution in [1.29, 1.82) is 0 Å². The number of rotatable bonds is 2. The van der Waals surface area contributed by atoms with E-state index < -0.39 is 0 Å². The lowest BCUT2D eigenvalue weighted by Gasteiger charge is -2.07. The molecule has 0 N–H and O–H groups in total.